The van der Waals surface area contributed by atoms with Gasteiger partial charge in [0.1, 0.15) is 0 Å². The van der Waals surface area contributed by atoms with E-state index in [0.29, 0.717) is 31.2 Å². The van der Waals surface area contributed by atoms with Crippen molar-refractivity contribution in [3.63, 3.8) is 0 Å². The highest BCUT2D eigenvalue weighted by Crippen LogP contribution is 2.18. The van der Waals surface area contributed by atoms with E-state index in [9.17, 15) is 4.79 Å². The molecule has 0 bridgehead atoms. The fourth-order valence-corrected chi connectivity index (χ4v) is 2.60. The van der Waals surface area contributed by atoms with E-state index in [-0.39, 0.29) is 5.91 Å². The van der Waals surface area contributed by atoms with E-state index in [2.05, 4.69) is 25.2 Å². The Hall–Kier alpha value is -1.08. The lowest BCUT2D eigenvalue weighted by atomic mass is 9.93. The molecule has 0 unspecified atom stereocenters. The van der Waals surface area contributed by atoms with Crippen LogP contribution in [-0.2, 0) is 4.79 Å². The Morgan fingerprint density at radius 3 is 2.68 bits per heavy atom. The summed E-state index contributed by atoms with van der Waals surface area (Å²) in [6, 6.07) is 2.13. The first-order valence-corrected chi connectivity index (χ1v) is 7.49. The van der Waals surface area contributed by atoms with Crippen LogP contribution in [0.15, 0.2) is 0 Å². The Balaban J connectivity index is 2.35. The van der Waals surface area contributed by atoms with Gasteiger partial charge in [-0.15, -0.1) is 0 Å². The number of piperidine rings is 1. The number of rotatable bonds is 7. The molecule has 0 aliphatic carbocycles. The summed E-state index contributed by atoms with van der Waals surface area (Å²) in [6.07, 6.45) is 4.46. The number of hydrogen-bond acceptors (Lipinski definition) is 3. The molecule has 1 saturated heterocycles. The van der Waals surface area contributed by atoms with Crippen molar-refractivity contribution in [1.29, 1.82) is 5.26 Å². The molecule has 108 valence electrons. The minimum absolute atomic E-state index is 0.225. The van der Waals surface area contributed by atoms with Gasteiger partial charge in [0.05, 0.1) is 12.5 Å². The molecule has 1 heterocycles. The van der Waals surface area contributed by atoms with Crippen LogP contribution in [-0.4, -0.2) is 37.0 Å². The van der Waals surface area contributed by atoms with E-state index in [1.165, 1.54) is 12.8 Å². The third-order valence-electron chi connectivity index (χ3n) is 3.66. The van der Waals surface area contributed by atoms with E-state index in [4.69, 9.17) is 5.26 Å². The minimum atomic E-state index is 0.225. The summed E-state index contributed by atoms with van der Waals surface area (Å²) in [5, 5.41) is 12.0. The van der Waals surface area contributed by atoms with Crippen LogP contribution >= 0.6 is 0 Å². The normalized spacial score (nSPS) is 16.3. The van der Waals surface area contributed by atoms with E-state index < -0.39 is 0 Å². The van der Waals surface area contributed by atoms with Crippen molar-refractivity contribution in [2.45, 2.75) is 46.0 Å². The second-order valence-electron chi connectivity index (χ2n) is 5.87. The van der Waals surface area contributed by atoms with Crippen LogP contribution in [0.25, 0.3) is 0 Å². The van der Waals surface area contributed by atoms with E-state index in [1.807, 2.05) is 4.90 Å². The van der Waals surface area contributed by atoms with Gasteiger partial charge in [0, 0.05) is 19.5 Å². The maximum Gasteiger partial charge on any atom is 0.222 e. The molecule has 4 heteroatoms. The number of nitriles is 1. The van der Waals surface area contributed by atoms with Crippen molar-refractivity contribution < 1.29 is 4.79 Å². The molecule has 1 N–H and O–H groups in total. The molecule has 1 aliphatic rings. The Morgan fingerprint density at radius 2 is 2.11 bits per heavy atom. The van der Waals surface area contributed by atoms with Crippen LogP contribution < -0.4 is 5.32 Å². The molecule has 0 spiro atoms. The maximum absolute atomic E-state index is 12.2. The Kier molecular flexibility index (Phi) is 7.50. The third kappa shape index (κ3) is 6.58. The fraction of sp³-hybridized carbons (Fsp3) is 0.867. The quantitative estimate of drug-likeness (QED) is 0.767. The molecule has 1 fully saturated rings. The summed E-state index contributed by atoms with van der Waals surface area (Å²) in [4.78, 5) is 14.1. The number of nitrogens with zero attached hydrogens (tertiary/aromatic N) is 2. The summed E-state index contributed by atoms with van der Waals surface area (Å²) in [7, 11) is 0. The molecule has 0 aromatic rings. The summed E-state index contributed by atoms with van der Waals surface area (Å²) < 4.78 is 0. The van der Waals surface area contributed by atoms with Gasteiger partial charge in [-0.1, -0.05) is 13.8 Å². The van der Waals surface area contributed by atoms with Gasteiger partial charge in [-0.05, 0) is 44.2 Å². The standard InChI is InChI=1S/C15H27N3O/c1-13(2)12-18(11-3-8-16)15(19)5-4-14-6-9-17-10-7-14/h13-14,17H,3-7,9-12H2,1-2H3. The van der Waals surface area contributed by atoms with Crippen LogP contribution in [0.1, 0.15) is 46.0 Å². The van der Waals surface area contributed by atoms with Gasteiger partial charge < -0.3 is 10.2 Å². The second kappa shape index (κ2) is 8.92. The van der Waals surface area contributed by atoms with Gasteiger partial charge in [-0.2, -0.15) is 5.26 Å². The highest BCUT2D eigenvalue weighted by atomic mass is 16.2. The van der Waals surface area contributed by atoms with Crippen LogP contribution in [0.2, 0.25) is 0 Å². The topological polar surface area (TPSA) is 56.1 Å². The summed E-state index contributed by atoms with van der Waals surface area (Å²) >= 11 is 0. The SMILES string of the molecule is CC(C)CN(CCC#N)C(=O)CCC1CCNCC1. The molecule has 0 radical (unpaired) electrons. The van der Waals surface area contributed by atoms with Crippen molar-refractivity contribution in [3.8, 4) is 6.07 Å². The highest BCUT2D eigenvalue weighted by Gasteiger charge is 2.18. The van der Waals surface area contributed by atoms with E-state index >= 15 is 0 Å². The Bertz CT molecular complexity index is 303. The van der Waals surface area contributed by atoms with Crippen LogP contribution in [0.3, 0.4) is 0 Å². The number of amides is 1. The number of carbonyl (C=O) groups is 1. The average Bonchev–Trinajstić information content (AvgIpc) is 2.41. The van der Waals surface area contributed by atoms with Crippen LogP contribution in [0.5, 0.6) is 0 Å². The van der Waals surface area contributed by atoms with Gasteiger partial charge in [0.15, 0.2) is 0 Å². The lowest BCUT2D eigenvalue weighted by molar-refractivity contribution is -0.132. The molecule has 1 amide bonds. The zero-order chi connectivity index (χ0) is 14.1. The van der Waals surface area contributed by atoms with Gasteiger partial charge in [-0.3, -0.25) is 4.79 Å². The summed E-state index contributed by atoms with van der Waals surface area (Å²) in [5.74, 6) is 1.38. The number of nitrogens with one attached hydrogen (secondary N) is 1. The highest BCUT2D eigenvalue weighted by molar-refractivity contribution is 5.76. The molecule has 1 rings (SSSR count). The lowest BCUT2D eigenvalue weighted by Crippen LogP contribution is -2.35. The molecule has 0 saturated carbocycles. The fourth-order valence-electron chi connectivity index (χ4n) is 2.60. The van der Waals surface area contributed by atoms with Crippen molar-refractivity contribution >= 4 is 5.91 Å². The first kappa shape index (κ1) is 16.0. The predicted octanol–water partition coefficient (Wildman–Crippen LogP) is 2.16. The molecule has 0 aromatic heterocycles. The Labute approximate surface area is 117 Å². The molecular formula is C15H27N3O. The van der Waals surface area contributed by atoms with Crippen LogP contribution in [0, 0.1) is 23.2 Å². The third-order valence-corrected chi connectivity index (χ3v) is 3.66. The molecular weight excluding hydrogens is 238 g/mol. The number of carbonyl (C=O) groups excluding carboxylic acids is 1. The minimum Gasteiger partial charge on any atom is -0.341 e. The van der Waals surface area contributed by atoms with Gasteiger partial charge in [-0.25, -0.2) is 0 Å². The summed E-state index contributed by atoms with van der Waals surface area (Å²) in [6.45, 7) is 7.75. The monoisotopic (exact) mass is 265 g/mol. The maximum atomic E-state index is 12.2. The van der Waals surface area contributed by atoms with Crippen LogP contribution in [0.4, 0.5) is 0 Å². The molecule has 0 aromatic carbocycles. The van der Waals surface area contributed by atoms with Crippen molar-refractivity contribution in [2.24, 2.45) is 11.8 Å². The van der Waals surface area contributed by atoms with Gasteiger partial charge in [0.2, 0.25) is 5.91 Å². The number of hydrogen-bond donors (Lipinski definition) is 1. The first-order valence-electron chi connectivity index (χ1n) is 7.49. The molecule has 4 nitrogen and oxygen atoms in total. The summed E-state index contributed by atoms with van der Waals surface area (Å²) in [5.41, 5.74) is 0. The van der Waals surface area contributed by atoms with E-state index in [1.54, 1.807) is 0 Å². The Morgan fingerprint density at radius 1 is 1.42 bits per heavy atom. The predicted molar refractivity (Wildman–Crippen MR) is 76.5 cm³/mol. The zero-order valence-electron chi connectivity index (χ0n) is 12.3. The van der Waals surface area contributed by atoms with Crippen molar-refractivity contribution in [3.05, 3.63) is 0 Å². The molecule has 19 heavy (non-hydrogen) atoms. The lowest BCUT2D eigenvalue weighted by Gasteiger charge is -2.26. The molecule has 0 atom stereocenters. The smallest absolute Gasteiger partial charge is 0.222 e. The van der Waals surface area contributed by atoms with E-state index in [0.717, 1.165) is 26.1 Å². The van der Waals surface area contributed by atoms with Gasteiger partial charge in [0.25, 0.3) is 0 Å². The van der Waals surface area contributed by atoms with Crippen molar-refractivity contribution in [1.82, 2.24) is 10.2 Å². The average molecular weight is 265 g/mol. The zero-order valence-corrected chi connectivity index (χ0v) is 12.3. The largest absolute Gasteiger partial charge is 0.341 e. The second-order valence-corrected chi connectivity index (χ2v) is 5.87. The first-order chi connectivity index (χ1) is 9.13. The molecule has 1 aliphatic heterocycles. The van der Waals surface area contributed by atoms with Gasteiger partial charge >= 0.3 is 0 Å². The van der Waals surface area contributed by atoms with Crippen molar-refractivity contribution in [2.75, 3.05) is 26.2 Å².